The third-order valence-corrected chi connectivity index (χ3v) is 7.16. The van der Waals surface area contributed by atoms with Crippen LogP contribution < -0.4 is 14.9 Å². The Labute approximate surface area is 201 Å². The lowest BCUT2D eigenvalue weighted by atomic mass is 10.1. The Morgan fingerprint density at radius 1 is 1.03 bits per heavy atom. The minimum atomic E-state index is -3.93. The van der Waals surface area contributed by atoms with Gasteiger partial charge in [0, 0.05) is 11.3 Å². The Morgan fingerprint density at radius 3 is 2.32 bits per heavy atom. The normalized spacial score (nSPS) is 14.2. The molecule has 9 nitrogen and oxygen atoms in total. The predicted octanol–water partition coefficient (Wildman–Crippen LogP) is 4.09. The number of anilines is 3. The zero-order valence-electron chi connectivity index (χ0n) is 18.5. The van der Waals surface area contributed by atoms with Crippen molar-refractivity contribution in [3.05, 3.63) is 76.1 Å². The molecule has 0 unspecified atom stereocenters. The molecule has 1 aliphatic heterocycles. The molecule has 0 fully saturated rings. The summed E-state index contributed by atoms with van der Waals surface area (Å²) in [5, 5.41) is 6.33. The third kappa shape index (κ3) is 4.17. The lowest BCUT2D eigenvalue weighted by Crippen LogP contribution is -2.33. The molecule has 0 atom stereocenters. The van der Waals surface area contributed by atoms with Crippen LogP contribution in [0.1, 0.15) is 23.7 Å². The summed E-state index contributed by atoms with van der Waals surface area (Å²) < 4.78 is 32.7. The number of carbonyl (C=O) groups excluding carboxylic acids is 2. The molecular formula is C23H21ClN4O5S. The first-order valence-corrected chi connectivity index (χ1v) is 12.2. The Bertz CT molecular complexity index is 1430. The molecular weight excluding hydrogens is 480 g/mol. The standard InChI is InChI=1S/C23H21ClN4O5S/c1-4-15-7-5-6-8-18(15)28-22(29)19(24)20(23(28)30)25-16-9-11-17(12-10-16)34(31,32)27-21-13(2)14(3)26-33-21/h5-12,25,27H,4H2,1-3H3. The summed E-state index contributed by atoms with van der Waals surface area (Å²) in [5.41, 5.74) is 2.76. The third-order valence-electron chi connectivity index (χ3n) is 5.46. The van der Waals surface area contributed by atoms with Gasteiger partial charge in [-0.25, -0.2) is 18.0 Å². The Hall–Kier alpha value is -3.63. The summed E-state index contributed by atoms with van der Waals surface area (Å²) in [6, 6.07) is 12.7. The van der Waals surface area contributed by atoms with Crippen LogP contribution in [0.4, 0.5) is 17.3 Å². The van der Waals surface area contributed by atoms with Gasteiger partial charge >= 0.3 is 0 Å². The molecule has 176 valence electrons. The molecule has 0 aliphatic carbocycles. The van der Waals surface area contributed by atoms with Crippen LogP contribution in [0.15, 0.2) is 68.7 Å². The van der Waals surface area contributed by atoms with Crippen LogP contribution in [-0.4, -0.2) is 25.4 Å². The smallest absolute Gasteiger partial charge is 0.283 e. The molecule has 2 N–H and O–H groups in total. The average molecular weight is 501 g/mol. The summed E-state index contributed by atoms with van der Waals surface area (Å²) in [5.74, 6) is -1.18. The Balaban J connectivity index is 1.55. The van der Waals surface area contributed by atoms with Gasteiger partial charge in [0.25, 0.3) is 21.8 Å². The Kier molecular flexibility index (Phi) is 6.20. The van der Waals surface area contributed by atoms with Gasteiger partial charge in [-0.05, 0) is 56.2 Å². The van der Waals surface area contributed by atoms with Crippen LogP contribution in [0.3, 0.4) is 0 Å². The summed E-state index contributed by atoms with van der Waals surface area (Å²) in [6.45, 7) is 5.32. The summed E-state index contributed by atoms with van der Waals surface area (Å²) in [6.07, 6.45) is 0.630. The van der Waals surface area contributed by atoms with Crippen molar-refractivity contribution in [1.82, 2.24) is 5.16 Å². The van der Waals surface area contributed by atoms with Crippen LogP contribution >= 0.6 is 11.6 Å². The van der Waals surface area contributed by atoms with Crippen molar-refractivity contribution < 1.29 is 22.5 Å². The number of hydrogen-bond donors (Lipinski definition) is 2. The summed E-state index contributed by atoms with van der Waals surface area (Å²) in [4.78, 5) is 26.8. The van der Waals surface area contributed by atoms with Gasteiger partial charge in [-0.3, -0.25) is 9.59 Å². The van der Waals surface area contributed by atoms with Gasteiger partial charge < -0.3 is 9.84 Å². The van der Waals surface area contributed by atoms with Gasteiger partial charge in [-0.1, -0.05) is 41.9 Å². The monoisotopic (exact) mass is 500 g/mol. The maximum absolute atomic E-state index is 13.0. The highest BCUT2D eigenvalue weighted by Crippen LogP contribution is 2.32. The SMILES string of the molecule is CCc1ccccc1N1C(=O)C(Cl)=C(Nc2ccc(S(=O)(=O)Nc3onc(C)c3C)cc2)C1=O. The number of imide groups is 1. The van der Waals surface area contributed by atoms with E-state index in [0.29, 0.717) is 29.1 Å². The van der Waals surface area contributed by atoms with Crippen LogP contribution in [0, 0.1) is 13.8 Å². The van der Waals surface area contributed by atoms with E-state index in [2.05, 4.69) is 15.2 Å². The first kappa shape index (κ1) is 23.5. The van der Waals surface area contributed by atoms with E-state index in [0.717, 1.165) is 10.5 Å². The number of hydrogen-bond acceptors (Lipinski definition) is 7. The van der Waals surface area contributed by atoms with Crippen molar-refractivity contribution in [2.75, 3.05) is 14.9 Å². The number of halogens is 1. The molecule has 0 saturated carbocycles. The van der Waals surface area contributed by atoms with Crippen molar-refractivity contribution in [3.63, 3.8) is 0 Å². The molecule has 1 aliphatic rings. The second-order valence-electron chi connectivity index (χ2n) is 7.59. The van der Waals surface area contributed by atoms with Crippen molar-refractivity contribution >= 4 is 50.7 Å². The highest BCUT2D eigenvalue weighted by molar-refractivity contribution is 7.92. The van der Waals surface area contributed by atoms with E-state index in [1.807, 2.05) is 19.1 Å². The highest BCUT2D eigenvalue weighted by atomic mass is 35.5. The minimum absolute atomic E-state index is 0.0288. The molecule has 1 aromatic heterocycles. The van der Waals surface area contributed by atoms with Crippen molar-refractivity contribution in [1.29, 1.82) is 0 Å². The molecule has 0 spiro atoms. The number of para-hydroxylation sites is 1. The van der Waals surface area contributed by atoms with Crippen molar-refractivity contribution in [3.8, 4) is 0 Å². The molecule has 2 amide bonds. The number of nitrogens with one attached hydrogen (secondary N) is 2. The lowest BCUT2D eigenvalue weighted by molar-refractivity contribution is -0.120. The molecule has 4 rings (SSSR count). The van der Waals surface area contributed by atoms with Crippen molar-refractivity contribution in [2.24, 2.45) is 0 Å². The topological polar surface area (TPSA) is 122 Å². The fourth-order valence-electron chi connectivity index (χ4n) is 3.41. The minimum Gasteiger partial charge on any atom is -0.350 e. The van der Waals surface area contributed by atoms with E-state index in [1.165, 1.54) is 24.3 Å². The molecule has 3 aromatic rings. The zero-order valence-corrected chi connectivity index (χ0v) is 20.1. The molecule has 2 heterocycles. The number of carbonyl (C=O) groups is 2. The fourth-order valence-corrected chi connectivity index (χ4v) is 4.67. The lowest BCUT2D eigenvalue weighted by Gasteiger charge is -2.18. The Morgan fingerprint density at radius 2 is 1.71 bits per heavy atom. The number of sulfonamides is 1. The number of amides is 2. The number of aryl methyl sites for hydroxylation is 2. The largest absolute Gasteiger partial charge is 0.350 e. The second kappa shape index (κ2) is 8.96. The number of nitrogens with zero attached hydrogens (tertiary/aromatic N) is 2. The van der Waals surface area contributed by atoms with E-state index >= 15 is 0 Å². The first-order valence-electron chi connectivity index (χ1n) is 10.3. The van der Waals surface area contributed by atoms with E-state index in [-0.39, 0.29) is 21.5 Å². The molecule has 0 radical (unpaired) electrons. The van der Waals surface area contributed by atoms with E-state index in [9.17, 15) is 18.0 Å². The molecule has 34 heavy (non-hydrogen) atoms. The predicted molar refractivity (Wildman–Crippen MR) is 128 cm³/mol. The quantitative estimate of drug-likeness (QED) is 0.468. The molecule has 0 bridgehead atoms. The van der Waals surface area contributed by atoms with Gasteiger partial charge in [0.2, 0.25) is 5.88 Å². The van der Waals surface area contributed by atoms with E-state index < -0.39 is 21.8 Å². The average Bonchev–Trinajstić information content (AvgIpc) is 3.24. The van der Waals surface area contributed by atoms with Crippen LogP contribution in [0.2, 0.25) is 0 Å². The van der Waals surface area contributed by atoms with Gasteiger partial charge in [-0.15, -0.1) is 0 Å². The molecule has 11 heteroatoms. The van der Waals surface area contributed by atoms with Crippen LogP contribution in [0.25, 0.3) is 0 Å². The van der Waals surface area contributed by atoms with Crippen LogP contribution in [0.5, 0.6) is 0 Å². The number of rotatable bonds is 7. The number of aromatic nitrogens is 1. The second-order valence-corrected chi connectivity index (χ2v) is 9.65. The first-order chi connectivity index (χ1) is 16.1. The summed E-state index contributed by atoms with van der Waals surface area (Å²) in [7, 11) is -3.93. The van der Waals surface area contributed by atoms with Gasteiger partial charge in [0.15, 0.2) is 0 Å². The van der Waals surface area contributed by atoms with E-state index in [4.69, 9.17) is 16.1 Å². The van der Waals surface area contributed by atoms with Gasteiger partial charge in [0.05, 0.1) is 16.3 Å². The van der Waals surface area contributed by atoms with Crippen LogP contribution in [-0.2, 0) is 26.0 Å². The van der Waals surface area contributed by atoms with Gasteiger partial charge in [0.1, 0.15) is 10.7 Å². The molecule has 2 aromatic carbocycles. The van der Waals surface area contributed by atoms with Crippen molar-refractivity contribution in [2.45, 2.75) is 32.1 Å². The summed E-state index contributed by atoms with van der Waals surface area (Å²) >= 11 is 6.21. The number of benzene rings is 2. The zero-order chi connectivity index (χ0) is 24.6. The molecule has 0 saturated heterocycles. The fraction of sp³-hybridized carbons (Fsp3) is 0.174. The maximum atomic E-state index is 13.0. The highest BCUT2D eigenvalue weighted by Gasteiger charge is 2.39. The van der Waals surface area contributed by atoms with Gasteiger partial charge in [-0.2, -0.15) is 0 Å². The van der Waals surface area contributed by atoms with E-state index in [1.54, 1.807) is 26.0 Å². The maximum Gasteiger partial charge on any atom is 0.283 e.